The minimum absolute atomic E-state index is 0.183. The molecule has 0 aromatic heterocycles. The number of ketones is 1. The Morgan fingerprint density at radius 3 is 2.33 bits per heavy atom. The molecule has 3 aromatic rings. The van der Waals surface area contributed by atoms with Gasteiger partial charge in [0.15, 0.2) is 17.4 Å². The van der Waals surface area contributed by atoms with E-state index in [1.54, 1.807) is 18.2 Å². The molecule has 3 aromatic carbocycles. The van der Waals surface area contributed by atoms with E-state index in [0.717, 1.165) is 10.8 Å². The number of hydrogen-bond donors (Lipinski definition) is 0. The molecule has 0 saturated carbocycles. The Bertz CT molecular complexity index is 853. The maximum Gasteiger partial charge on any atom is 0.196 e. The zero-order valence-corrected chi connectivity index (χ0v) is 11.4. The highest BCUT2D eigenvalue weighted by Crippen LogP contribution is 2.21. The van der Waals surface area contributed by atoms with Crippen molar-refractivity contribution in [2.24, 2.45) is 0 Å². The van der Waals surface area contributed by atoms with Crippen LogP contribution in [0.4, 0.5) is 8.78 Å². The Hall–Kier alpha value is -2.55. The molecule has 0 saturated heterocycles. The fourth-order valence-corrected chi connectivity index (χ4v) is 2.31. The maximum atomic E-state index is 13.9. The van der Waals surface area contributed by atoms with Crippen LogP contribution in [-0.4, -0.2) is 5.78 Å². The second kappa shape index (κ2) is 5.09. The van der Waals surface area contributed by atoms with Gasteiger partial charge in [0.2, 0.25) is 0 Å². The van der Waals surface area contributed by atoms with Crippen LogP contribution in [0, 0.1) is 18.6 Å². The zero-order valence-electron chi connectivity index (χ0n) is 11.4. The van der Waals surface area contributed by atoms with E-state index in [-0.39, 0.29) is 11.1 Å². The molecule has 3 rings (SSSR count). The number of carbonyl (C=O) groups excluding carboxylic acids is 1. The fraction of sp³-hybridized carbons (Fsp3) is 0.0556. The van der Waals surface area contributed by atoms with Crippen LogP contribution in [0.5, 0.6) is 0 Å². The molecule has 0 bridgehead atoms. The van der Waals surface area contributed by atoms with Gasteiger partial charge in [0.25, 0.3) is 0 Å². The van der Waals surface area contributed by atoms with Crippen LogP contribution < -0.4 is 0 Å². The number of rotatable bonds is 2. The van der Waals surface area contributed by atoms with Crippen LogP contribution in [0.3, 0.4) is 0 Å². The third kappa shape index (κ3) is 2.31. The maximum absolute atomic E-state index is 13.9. The molecule has 0 spiro atoms. The summed E-state index contributed by atoms with van der Waals surface area (Å²) in [5.74, 6) is -2.58. The van der Waals surface area contributed by atoms with Gasteiger partial charge in [0, 0.05) is 5.56 Å². The normalized spacial score (nSPS) is 10.8. The summed E-state index contributed by atoms with van der Waals surface area (Å²) in [5, 5.41) is 1.88. The van der Waals surface area contributed by atoms with E-state index in [1.807, 2.05) is 24.3 Å². The largest absolute Gasteiger partial charge is 0.288 e. The molecular weight excluding hydrogens is 270 g/mol. The van der Waals surface area contributed by atoms with E-state index < -0.39 is 17.4 Å². The van der Waals surface area contributed by atoms with Crippen LogP contribution in [0.25, 0.3) is 10.8 Å². The average Bonchev–Trinajstić information content (AvgIpc) is 2.52. The van der Waals surface area contributed by atoms with Gasteiger partial charge in [0.1, 0.15) is 0 Å². The predicted octanol–water partition coefficient (Wildman–Crippen LogP) is 4.66. The molecule has 0 heterocycles. The van der Waals surface area contributed by atoms with Gasteiger partial charge in [-0.05, 0) is 35.4 Å². The number of hydrogen-bond acceptors (Lipinski definition) is 1. The molecule has 0 amide bonds. The van der Waals surface area contributed by atoms with Crippen molar-refractivity contribution in [3.63, 3.8) is 0 Å². The van der Waals surface area contributed by atoms with Crippen molar-refractivity contribution in [2.75, 3.05) is 0 Å². The summed E-state index contributed by atoms with van der Waals surface area (Å²) < 4.78 is 27.5. The van der Waals surface area contributed by atoms with E-state index in [0.29, 0.717) is 5.56 Å². The Labute approximate surface area is 120 Å². The van der Waals surface area contributed by atoms with Gasteiger partial charge in [-0.1, -0.05) is 42.5 Å². The first-order chi connectivity index (χ1) is 10.1. The van der Waals surface area contributed by atoms with E-state index in [1.165, 1.54) is 19.1 Å². The summed E-state index contributed by atoms with van der Waals surface area (Å²) in [5.41, 5.74) is 0.284. The van der Waals surface area contributed by atoms with Crippen molar-refractivity contribution >= 4 is 16.6 Å². The summed E-state index contributed by atoms with van der Waals surface area (Å²) in [6, 6.07) is 15.4. The molecule has 0 unspecified atom stereocenters. The lowest BCUT2D eigenvalue weighted by atomic mass is 9.98. The van der Waals surface area contributed by atoms with Gasteiger partial charge < -0.3 is 0 Å². The Kier molecular flexibility index (Phi) is 3.26. The second-order valence-electron chi connectivity index (χ2n) is 4.95. The SMILES string of the molecule is Cc1ccc(C(=O)c2ccc3ccccc3c2)c(F)c1F. The average molecular weight is 282 g/mol. The van der Waals surface area contributed by atoms with Crippen LogP contribution in [0.15, 0.2) is 54.6 Å². The zero-order chi connectivity index (χ0) is 15.0. The molecule has 0 atom stereocenters. The van der Waals surface area contributed by atoms with Crippen molar-refractivity contribution in [2.45, 2.75) is 6.92 Å². The van der Waals surface area contributed by atoms with Gasteiger partial charge in [-0.2, -0.15) is 0 Å². The summed E-state index contributed by atoms with van der Waals surface area (Å²) in [6.45, 7) is 1.46. The van der Waals surface area contributed by atoms with Crippen molar-refractivity contribution in [3.05, 3.63) is 82.9 Å². The van der Waals surface area contributed by atoms with Crippen molar-refractivity contribution in [1.82, 2.24) is 0 Å². The molecule has 3 heteroatoms. The number of fused-ring (bicyclic) bond motifs is 1. The number of benzene rings is 3. The second-order valence-corrected chi connectivity index (χ2v) is 4.95. The first-order valence-electron chi connectivity index (χ1n) is 6.56. The van der Waals surface area contributed by atoms with Crippen LogP contribution in [-0.2, 0) is 0 Å². The lowest BCUT2D eigenvalue weighted by molar-refractivity contribution is 0.103. The van der Waals surface area contributed by atoms with Crippen LogP contribution >= 0.6 is 0 Å². The van der Waals surface area contributed by atoms with Gasteiger partial charge >= 0.3 is 0 Å². The topological polar surface area (TPSA) is 17.1 Å². The predicted molar refractivity (Wildman–Crippen MR) is 78.5 cm³/mol. The molecule has 104 valence electrons. The van der Waals surface area contributed by atoms with Crippen LogP contribution in [0.1, 0.15) is 21.5 Å². The number of carbonyl (C=O) groups is 1. The minimum Gasteiger partial charge on any atom is -0.288 e. The highest BCUT2D eigenvalue weighted by atomic mass is 19.2. The van der Waals surface area contributed by atoms with Crippen LogP contribution in [0.2, 0.25) is 0 Å². The van der Waals surface area contributed by atoms with Gasteiger partial charge in [-0.25, -0.2) is 8.78 Å². The first kappa shape index (κ1) is 13.4. The third-order valence-electron chi connectivity index (χ3n) is 3.53. The standard InChI is InChI=1S/C18H12F2O/c1-11-6-9-15(17(20)16(11)19)18(21)14-8-7-12-4-2-3-5-13(12)10-14/h2-10H,1H3. The molecule has 0 N–H and O–H groups in total. The lowest BCUT2D eigenvalue weighted by Crippen LogP contribution is -2.06. The molecule has 0 aliphatic heterocycles. The Morgan fingerprint density at radius 1 is 0.857 bits per heavy atom. The highest BCUT2D eigenvalue weighted by molar-refractivity contribution is 6.10. The first-order valence-corrected chi connectivity index (χ1v) is 6.56. The van der Waals surface area contributed by atoms with Crippen molar-refractivity contribution in [1.29, 1.82) is 0 Å². The summed E-state index contributed by atoms with van der Waals surface area (Å²) in [6.07, 6.45) is 0. The molecule has 0 aliphatic carbocycles. The number of halogens is 2. The van der Waals surface area contributed by atoms with E-state index in [9.17, 15) is 13.6 Å². The van der Waals surface area contributed by atoms with Gasteiger partial charge in [-0.3, -0.25) is 4.79 Å². The monoisotopic (exact) mass is 282 g/mol. The smallest absolute Gasteiger partial charge is 0.196 e. The molecule has 0 radical (unpaired) electrons. The quantitative estimate of drug-likeness (QED) is 0.625. The minimum atomic E-state index is -1.09. The van der Waals surface area contributed by atoms with Crippen molar-refractivity contribution < 1.29 is 13.6 Å². The molecule has 0 aliphatic rings. The van der Waals surface area contributed by atoms with Gasteiger partial charge in [-0.15, -0.1) is 0 Å². The molecule has 0 fully saturated rings. The number of aryl methyl sites for hydroxylation is 1. The summed E-state index contributed by atoms with van der Waals surface area (Å²) in [4.78, 5) is 12.4. The third-order valence-corrected chi connectivity index (χ3v) is 3.53. The fourth-order valence-electron chi connectivity index (χ4n) is 2.31. The lowest BCUT2D eigenvalue weighted by Gasteiger charge is -2.06. The molecule has 21 heavy (non-hydrogen) atoms. The van der Waals surface area contributed by atoms with Crippen molar-refractivity contribution in [3.8, 4) is 0 Å². The highest BCUT2D eigenvalue weighted by Gasteiger charge is 2.18. The molecule has 1 nitrogen and oxygen atoms in total. The van der Waals surface area contributed by atoms with Gasteiger partial charge in [0.05, 0.1) is 5.56 Å². The molecular formula is C18H12F2O. The Morgan fingerprint density at radius 2 is 1.57 bits per heavy atom. The summed E-state index contributed by atoms with van der Waals surface area (Å²) in [7, 11) is 0. The van der Waals surface area contributed by atoms with E-state index >= 15 is 0 Å². The summed E-state index contributed by atoms with van der Waals surface area (Å²) >= 11 is 0. The van der Waals surface area contributed by atoms with E-state index in [2.05, 4.69) is 0 Å². The van der Waals surface area contributed by atoms with E-state index in [4.69, 9.17) is 0 Å². The Balaban J connectivity index is 2.10.